The van der Waals surface area contributed by atoms with Gasteiger partial charge in [0.1, 0.15) is 5.82 Å². The van der Waals surface area contributed by atoms with Crippen molar-refractivity contribution in [2.24, 2.45) is 0 Å². The molecule has 0 radical (unpaired) electrons. The summed E-state index contributed by atoms with van der Waals surface area (Å²) in [6.45, 7) is 4.07. The molecular formula is C17H19BrFN3O. The van der Waals surface area contributed by atoms with E-state index in [0.29, 0.717) is 10.2 Å². The molecular weight excluding hydrogens is 361 g/mol. The lowest BCUT2D eigenvalue weighted by Crippen LogP contribution is -2.51. The van der Waals surface area contributed by atoms with E-state index in [2.05, 4.69) is 31.4 Å². The Bertz CT molecular complexity index is 720. The van der Waals surface area contributed by atoms with Crippen LogP contribution in [-0.2, 0) is 5.54 Å². The van der Waals surface area contributed by atoms with Crippen LogP contribution in [0.4, 0.5) is 4.39 Å². The molecule has 1 aromatic carbocycles. The summed E-state index contributed by atoms with van der Waals surface area (Å²) in [7, 11) is 0. The normalized spacial score (nSPS) is 16.2. The van der Waals surface area contributed by atoms with Crippen molar-refractivity contribution in [1.29, 1.82) is 0 Å². The number of aromatic nitrogens is 2. The first-order chi connectivity index (χ1) is 10.9. The van der Waals surface area contributed by atoms with Crippen molar-refractivity contribution >= 4 is 21.8 Å². The number of halogens is 2. The Hall–Kier alpha value is -1.69. The lowest BCUT2D eigenvalue weighted by atomic mass is 9.71. The summed E-state index contributed by atoms with van der Waals surface area (Å²) in [5, 5.41) is 10.2. The molecule has 0 saturated heterocycles. The van der Waals surface area contributed by atoms with Crippen molar-refractivity contribution in [1.82, 2.24) is 15.5 Å². The number of amides is 1. The molecule has 0 bridgehead atoms. The van der Waals surface area contributed by atoms with Crippen LogP contribution in [0.1, 0.15) is 60.8 Å². The minimum atomic E-state index is -0.416. The largest absolute Gasteiger partial charge is 0.341 e. The number of carbonyl (C=O) groups excluding carboxylic acids is 1. The number of hydrogen-bond acceptors (Lipinski definition) is 2. The average Bonchev–Trinajstić information content (AvgIpc) is 2.86. The Morgan fingerprint density at radius 2 is 2.00 bits per heavy atom. The number of carbonyl (C=O) groups is 1. The molecule has 1 saturated carbocycles. The van der Waals surface area contributed by atoms with Gasteiger partial charge >= 0.3 is 0 Å². The van der Waals surface area contributed by atoms with Crippen LogP contribution in [0.15, 0.2) is 28.7 Å². The standard InChI is InChI=1S/C17H19BrFN3O/c1-10(2)14-13(18)15(22-21-14)16(23)20-17(8-3-9-17)11-4-6-12(19)7-5-11/h4-7,10H,3,8-9H2,1-2H3,(H,20,23)(H,21,22). The van der Waals surface area contributed by atoms with Gasteiger partial charge in [-0.1, -0.05) is 26.0 Å². The van der Waals surface area contributed by atoms with E-state index in [1.807, 2.05) is 13.8 Å². The van der Waals surface area contributed by atoms with Crippen molar-refractivity contribution in [3.63, 3.8) is 0 Å². The number of aromatic amines is 1. The predicted molar refractivity (Wildman–Crippen MR) is 89.8 cm³/mol. The van der Waals surface area contributed by atoms with E-state index in [0.717, 1.165) is 30.5 Å². The molecule has 2 N–H and O–H groups in total. The van der Waals surface area contributed by atoms with Gasteiger partial charge in [0.05, 0.1) is 15.7 Å². The fourth-order valence-electron chi connectivity index (χ4n) is 2.94. The molecule has 1 heterocycles. The Morgan fingerprint density at radius 1 is 1.35 bits per heavy atom. The molecule has 0 atom stereocenters. The Morgan fingerprint density at radius 3 is 2.48 bits per heavy atom. The molecule has 3 rings (SSSR count). The Labute approximate surface area is 143 Å². The molecule has 1 amide bonds. The van der Waals surface area contributed by atoms with Gasteiger partial charge in [0, 0.05) is 0 Å². The van der Waals surface area contributed by atoms with E-state index in [1.54, 1.807) is 12.1 Å². The van der Waals surface area contributed by atoms with E-state index in [9.17, 15) is 9.18 Å². The highest BCUT2D eigenvalue weighted by molar-refractivity contribution is 9.10. The third-order valence-corrected chi connectivity index (χ3v) is 5.28. The molecule has 6 heteroatoms. The van der Waals surface area contributed by atoms with Gasteiger partial charge in [0.25, 0.3) is 5.91 Å². The lowest BCUT2D eigenvalue weighted by molar-refractivity contribution is 0.0817. The minimum Gasteiger partial charge on any atom is -0.341 e. The topological polar surface area (TPSA) is 57.8 Å². The summed E-state index contributed by atoms with van der Waals surface area (Å²) >= 11 is 3.46. The van der Waals surface area contributed by atoms with Gasteiger partial charge in [0.15, 0.2) is 5.69 Å². The average molecular weight is 380 g/mol. The Balaban J connectivity index is 1.85. The molecule has 1 fully saturated rings. The molecule has 0 aliphatic heterocycles. The molecule has 122 valence electrons. The Kier molecular flexibility index (Phi) is 4.27. The summed E-state index contributed by atoms with van der Waals surface area (Å²) < 4.78 is 13.9. The van der Waals surface area contributed by atoms with E-state index in [-0.39, 0.29) is 17.6 Å². The zero-order valence-corrected chi connectivity index (χ0v) is 14.7. The second-order valence-electron chi connectivity index (χ2n) is 6.35. The minimum absolute atomic E-state index is 0.218. The molecule has 0 spiro atoms. The second-order valence-corrected chi connectivity index (χ2v) is 7.14. The monoisotopic (exact) mass is 379 g/mol. The van der Waals surface area contributed by atoms with Crippen LogP contribution in [0.2, 0.25) is 0 Å². The quantitative estimate of drug-likeness (QED) is 0.834. The van der Waals surface area contributed by atoms with E-state index < -0.39 is 5.54 Å². The van der Waals surface area contributed by atoms with Gasteiger partial charge in [-0.15, -0.1) is 0 Å². The van der Waals surface area contributed by atoms with Crippen LogP contribution in [0.3, 0.4) is 0 Å². The maximum Gasteiger partial charge on any atom is 0.273 e. The smallest absolute Gasteiger partial charge is 0.273 e. The molecule has 1 aliphatic rings. The van der Waals surface area contributed by atoms with Crippen LogP contribution in [-0.4, -0.2) is 16.1 Å². The van der Waals surface area contributed by atoms with Crippen molar-refractivity contribution in [3.05, 3.63) is 51.5 Å². The molecule has 2 aromatic rings. The highest BCUT2D eigenvalue weighted by Gasteiger charge is 2.41. The first-order valence-corrected chi connectivity index (χ1v) is 8.54. The van der Waals surface area contributed by atoms with Gasteiger partial charge in [-0.25, -0.2) is 4.39 Å². The summed E-state index contributed by atoms with van der Waals surface area (Å²) in [6.07, 6.45) is 2.74. The van der Waals surface area contributed by atoms with E-state index in [4.69, 9.17) is 0 Å². The van der Waals surface area contributed by atoms with Crippen molar-refractivity contribution in [3.8, 4) is 0 Å². The number of benzene rings is 1. The highest BCUT2D eigenvalue weighted by Crippen LogP contribution is 2.41. The number of hydrogen-bond donors (Lipinski definition) is 2. The predicted octanol–water partition coefficient (Wildman–Crippen LogP) is 4.24. The van der Waals surface area contributed by atoms with Gasteiger partial charge in [-0.3, -0.25) is 9.89 Å². The molecule has 1 aliphatic carbocycles. The highest BCUT2D eigenvalue weighted by atomic mass is 79.9. The number of nitrogens with zero attached hydrogens (tertiary/aromatic N) is 1. The van der Waals surface area contributed by atoms with Crippen LogP contribution in [0, 0.1) is 5.82 Å². The van der Waals surface area contributed by atoms with Crippen LogP contribution in [0.25, 0.3) is 0 Å². The van der Waals surface area contributed by atoms with Crippen LogP contribution < -0.4 is 5.32 Å². The van der Waals surface area contributed by atoms with Crippen molar-refractivity contribution in [2.45, 2.75) is 44.6 Å². The summed E-state index contributed by atoms with van der Waals surface area (Å²) in [5.41, 5.74) is 1.79. The van der Waals surface area contributed by atoms with Crippen molar-refractivity contribution < 1.29 is 9.18 Å². The van der Waals surface area contributed by atoms with Gasteiger partial charge in [-0.05, 0) is 58.8 Å². The number of nitrogens with one attached hydrogen (secondary N) is 2. The van der Waals surface area contributed by atoms with Gasteiger partial charge < -0.3 is 5.32 Å². The van der Waals surface area contributed by atoms with Crippen molar-refractivity contribution in [2.75, 3.05) is 0 Å². The zero-order chi connectivity index (χ0) is 16.6. The molecule has 23 heavy (non-hydrogen) atoms. The first-order valence-electron chi connectivity index (χ1n) is 7.75. The third kappa shape index (κ3) is 2.92. The maximum absolute atomic E-state index is 13.1. The number of H-pyrrole nitrogens is 1. The zero-order valence-electron chi connectivity index (χ0n) is 13.1. The fourth-order valence-corrected chi connectivity index (χ4v) is 3.75. The molecule has 4 nitrogen and oxygen atoms in total. The third-order valence-electron chi connectivity index (χ3n) is 4.48. The summed E-state index contributed by atoms with van der Waals surface area (Å²) in [5.74, 6) is -0.247. The fraction of sp³-hybridized carbons (Fsp3) is 0.412. The van der Waals surface area contributed by atoms with E-state index >= 15 is 0 Å². The molecule has 1 aromatic heterocycles. The summed E-state index contributed by atoms with van der Waals surface area (Å²) in [4.78, 5) is 12.7. The maximum atomic E-state index is 13.1. The van der Waals surface area contributed by atoms with Crippen LogP contribution >= 0.6 is 15.9 Å². The SMILES string of the molecule is CC(C)c1[nH]nc(C(=O)NC2(c3ccc(F)cc3)CCC2)c1Br. The van der Waals surface area contributed by atoms with Gasteiger partial charge in [0.2, 0.25) is 0 Å². The summed E-state index contributed by atoms with van der Waals surface area (Å²) in [6, 6.07) is 6.35. The number of rotatable bonds is 4. The van der Waals surface area contributed by atoms with Gasteiger partial charge in [-0.2, -0.15) is 5.10 Å². The second kappa shape index (κ2) is 6.07. The molecule has 0 unspecified atom stereocenters. The lowest BCUT2D eigenvalue weighted by Gasteiger charge is -2.43. The van der Waals surface area contributed by atoms with E-state index in [1.165, 1.54) is 12.1 Å². The van der Waals surface area contributed by atoms with Crippen LogP contribution in [0.5, 0.6) is 0 Å². The first kappa shape index (κ1) is 16.2.